The van der Waals surface area contributed by atoms with E-state index in [0.717, 1.165) is 34.2 Å². The van der Waals surface area contributed by atoms with Gasteiger partial charge in [-0.2, -0.15) is 0 Å². The van der Waals surface area contributed by atoms with Gasteiger partial charge >= 0.3 is 0 Å². The fourth-order valence-electron chi connectivity index (χ4n) is 1.98. The van der Waals surface area contributed by atoms with Crippen molar-refractivity contribution < 1.29 is 4.74 Å². The van der Waals surface area contributed by atoms with E-state index in [1.807, 2.05) is 6.92 Å². The third kappa shape index (κ3) is 6.54. The molecule has 0 radical (unpaired) electrons. The first-order valence-electron chi connectivity index (χ1n) is 7.49. The average molecular weight is 419 g/mol. The van der Waals surface area contributed by atoms with Crippen LogP contribution in [0, 0.1) is 5.92 Å². The minimum absolute atomic E-state index is 0.658. The Bertz CT molecular complexity index is 461. The molecule has 1 N–H and O–H groups in total. The average Bonchev–Trinajstić information content (AvgIpc) is 2.41. The van der Waals surface area contributed by atoms with Crippen molar-refractivity contribution in [3.8, 4) is 5.75 Å². The quantitative estimate of drug-likeness (QED) is 0.588. The third-order valence-electron chi connectivity index (χ3n) is 3.04. The van der Waals surface area contributed by atoms with Gasteiger partial charge in [0, 0.05) is 6.54 Å². The van der Waals surface area contributed by atoms with Crippen molar-refractivity contribution in [3.63, 3.8) is 0 Å². The van der Waals surface area contributed by atoms with Crippen LogP contribution in [0.4, 0.5) is 0 Å². The third-order valence-corrected chi connectivity index (χ3v) is 4.22. The minimum atomic E-state index is 0.658. The SMILES string of the molecule is CCOc1c(Br)cc(C=C(CC)CNCC(C)C)cc1Br. The van der Waals surface area contributed by atoms with E-state index in [2.05, 4.69) is 76.2 Å². The number of nitrogens with one attached hydrogen (secondary N) is 1. The van der Waals surface area contributed by atoms with Gasteiger partial charge in [0.15, 0.2) is 0 Å². The molecule has 0 unspecified atom stereocenters. The van der Waals surface area contributed by atoms with Gasteiger partial charge in [0.2, 0.25) is 0 Å². The number of benzene rings is 1. The second kappa shape index (κ2) is 9.65. The summed E-state index contributed by atoms with van der Waals surface area (Å²) in [7, 11) is 0. The Morgan fingerprint density at radius 3 is 2.33 bits per heavy atom. The highest BCUT2D eigenvalue weighted by Gasteiger charge is 2.08. The standard InChI is InChI=1S/C17H25Br2NO/c1-5-13(11-20-10-12(3)4)7-14-8-15(18)17(21-6-2)16(19)9-14/h7-9,12,20H,5-6,10-11H2,1-4H3. The van der Waals surface area contributed by atoms with Gasteiger partial charge in [0.1, 0.15) is 5.75 Å². The van der Waals surface area contributed by atoms with E-state index in [4.69, 9.17) is 4.74 Å². The van der Waals surface area contributed by atoms with Crippen LogP contribution in [0.15, 0.2) is 26.7 Å². The molecule has 1 aromatic rings. The van der Waals surface area contributed by atoms with Gasteiger partial charge < -0.3 is 10.1 Å². The fourth-order valence-corrected chi connectivity index (χ4v) is 3.43. The molecule has 0 aliphatic rings. The van der Waals surface area contributed by atoms with E-state index in [-0.39, 0.29) is 0 Å². The highest BCUT2D eigenvalue weighted by Crippen LogP contribution is 2.35. The summed E-state index contributed by atoms with van der Waals surface area (Å²) in [5.74, 6) is 1.54. The summed E-state index contributed by atoms with van der Waals surface area (Å²) in [5.41, 5.74) is 2.58. The Morgan fingerprint density at radius 2 is 1.86 bits per heavy atom. The van der Waals surface area contributed by atoms with Crippen LogP contribution in [-0.2, 0) is 0 Å². The van der Waals surface area contributed by atoms with Gasteiger partial charge in [0.05, 0.1) is 15.6 Å². The molecule has 0 atom stereocenters. The van der Waals surface area contributed by atoms with Crippen LogP contribution in [0.5, 0.6) is 5.75 Å². The maximum atomic E-state index is 5.62. The van der Waals surface area contributed by atoms with Crippen LogP contribution in [0.3, 0.4) is 0 Å². The van der Waals surface area contributed by atoms with Crippen molar-refractivity contribution in [1.29, 1.82) is 0 Å². The summed E-state index contributed by atoms with van der Waals surface area (Å²) < 4.78 is 7.58. The number of ether oxygens (including phenoxy) is 1. The van der Waals surface area contributed by atoms with Gasteiger partial charge in [-0.05, 0) is 75.4 Å². The Kier molecular flexibility index (Phi) is 8.60. The van der Waals surface area contributed by atoms with Crippen molar-refractivity contribution in [2.45, 2.75) is 34.1 Å². The molecule has 4 heteroatoms. The highest BCUT2D eigenvalue weighted by atomic mass is 79.9. The molecular weight excluding hydrogens is 394 g/mol. The second-order valence-corrected chi connectivity index (χ2v) is 7.14. The summed E-state index contributed by atoms with van der Waals surface area (Å²) in [4.78, 5) is 0. The molecule has 0 aliphatic carbocycles. The molecule has 2 nitrogen and oxygen atoms in total. The minimum Gasteiger partial charge on any atom is -0.492 e. The van der Waals surface area contributed by atoms with Gasteiger partial charge in [-0.3, -0.25) is 0 Å². The molecule has 0 bridgehead atoms. The number of rotatable bonds is 8. The lowest BCUT2D eigenvalue weighted by Gasteiger charge is -2.12. The first-order valence-corrected chi connectivity index (χ1v) is 9.08. The predicted octanol–water partition coefficient (Wildman–Crippen LogP) is 5.65. The Morgan fingerprint density at radius 1 is 1.24 bits per heavy atom. The summed E-state index contributed by atoms with van der Waals surface area (Å²) in [6.07, 6.45) is 3.30. The van der Waals surface area contributed by atoms with Crippen LogP contribution in [0.2, 0.25) is 0 Å². The van der Waals surface area contributed by atoms with E-state index in [1.54, 1.807) is 0 Å². The monoisotopic (exact) mass is 417 g/mol. The Labute approximate surface area is 145 Å². The molecule has 0 saturated heterocycles. The van der Waals surface area contributed by atoms with E-state index in [9.17, 15) is 0 Å². The first kappa shape index (κ1) is 18.7. The van der Waals surface area contributed by atoms with Gasteiger partial charge in [0.25, 0.3) is 0 Å². The van der Waals surface area contributed by atoms with Crippen molar-refractivity contribution in [2.75, 3.05) is 19.7 Å². The molecule has 21 heavy (non-hydrogen) atoms. The molecule has 0 aromatic heterocycles. The van der Waals surface area contributed by atoms with Crippen molar-refractivity contribution in [2.24, 2.45) is 5.92 Å². The topological polar surface area (TPSA) is 21.3 Å². The van der Waals surface area contributed by atoms with E-state index in [0.29, 0.717) is 12.5 Å². The van der Waals surface area contributed by atoms with Gasteiger partial charge in [-0.25, -0.2) is 0 Å². The van der Waals surface area contributed by atoms with Crippen LogP contribution in [-0.4, -0.2) is 19.7 Å². The van der Waals surface area contributed by atoms with E-state index in [1.165, 1.54) is 11.1 Å². The van der Waals surface area contributed by atoms with Crippen LogP contribution < -0.4 is 10.1 Å². The Balaban J connectivity index is 2.85. The molecule has 0 heterocycles. The number of hydrogen-bond acceptors (Lipinski definition) is 2. The first-order chi connectivity index (χ1) is 9.97. The predicted molar refractivity (Wildman–Crippen MR) is 99.0 cm³/mol. The second-order valence-electron chi connectivity index (χ2n) is 5.43. The zero-order valence-electron chi connectivity index (χ0n) is 13.3. The molecule has 1 rings (SSSR count). The van der Waals surface area contributed by atoms with Crippen LogP contribution in [0.1, 0.15) is 39.7 Å². The summed E-state index contributed by atoms with van der Waals surface area (Å²) >= 11 is 7.17. The molecule has 0 spiro atoms. The summed E-state index contributed by atoms with van der Waals surface area (Å²) in [5, 5.41) is 3.50. The smallest absolute Gasteiger partial charge is 0.147 e. The molecule has 0 aliphatic heterocycles. The lowest BCUT2D eigenvalue weighted by molar-refractivity contribution is 0.336. The number of halogens is 2. The maximum absolute atomic E-state index is 5.62. The van der Waals surface area contributed by atoms with E-state index < -0.39 is 0 Å². The summed E-state index contributed by atoms with van der Waals surface area (Å²) in [6, 6.07) is 4.21. The van der Waals surface area contributed by atoms with E-state index >= 15 is 0 Å². The van der Waals surface area contributed by atoms with Crippen molar-refractivity contribution in [3.05, 3.63) is 32.2 Å². The lowest BCUT2D eigenvalue weighted by Crippen LogP contribution is -2.21. The lowest BCUT2D eigenvalue weighted by atomic mass is 10.1. The molecule has 0 amide bonds. The number of hydrogen-bond donors (Lipinski definition) is 1. The highest BCUT2D eigenvalue weighted by molar-refractivity contribution is 9.11. The zero-order valence-corrected chi connectivity index (χ0v) is 16.5. The summed E-state index contributed by atoms with van der Waals surface area (Å²) in [6.45, 7) is 11.3. The van der Waals surface area contributed by atoms with Crippen molar-refractivity contribution in [1.82, 2.24) is 5.32 Å². The van der Waals surface area contributed by atoms with Gasteiger partial charge in [-0.15, -0.1) is 0 Å². The normalized spacial score (nSPS) is 12.0. The fraction of sp³-hybridized carbons (Fsp3) is 0.529. The van der Waals surface area contributed by atoms with Crippen LogP contribution in [0.25, 0.3) is 6.08 Å². The molecule has 1 aromatic carbocycles. The Hall–Kier alpha value is -0.320. The largest absolute Gasteiger partial charge is 0.492 e. The maximum Gasteiger partial charge on any atom is 0.147 e. The van der Waals surface area contributed by atoms with Crippen molar-refractivity contribution >= 4 is 37.9 Å². The molecule has 118 valence electrons. The molecule has 0 fully saturated rings. The molecule has 0 saturated carbocycles. The molecular formula is C17H25Br2NO. The van der Waals surface area contributed by atoms with Crippen LogP contribution >= 0.6 is 31.9 Å². The van der Waals surface area contributed by atoms with Gasteiger partial charge in [-0.1, -0.05) is 32.4 Å². The zero-order chi connectivity index (χ0) is 15.8.